The Labute approximate surface area is 87.2 Å². The van der Waals surface area contributed by atoms with Crippen molar-refractivity contribution in [3.63, 3.8) is 0 Å². The molecule has 0 saturated carbocycles. The van der Waals surface area contributed by atoms with E-state index in [0.717, 1.165) is 11.6 Å². The minimum absolute atomic E-state index is 0.496. The van der Waals surface area contributed by atoms with Gasteiger partial charge in [0.15, 0.2) is 0 Å². The largest absolute Gasteiger partial charge is 0.545 e. The highest BCUT2D eigenvalue weighted by atomic mass is 16.4. The second kappa shape index (κ2) is 4.95. The van der Waals surface area contributed by atoms with Crippen LogP contribution in [0.25, 0.3) is 0 Å². The van der Waals surface area contributed by atoms with Gasteiger partial charge in [-0.3, -0.25) is 4.79 Å². The van der Waals surface area contributed by atoms with Crippen molar-refractivity contribution in [3.8, 4) is 0 Å². The average molecular weight is 204 g/mol. The summed E-state index contributed by atoms with van der Waals surface area (Å²) in [5.41, 5.74) is 1.64. The maximum atomic E-state index is 11.1. The molecule has 78 valence electrons. The van der Waals surface area contributed by atoms with Gasteiger partial charge in [-0.2, -0.15) is 0 Å². The first-order valence-corrected chi connectivity index (χ1v) is 4.34. The average Bonchev–Trinajstić information content (AvgIpc) is 2.15. The molecule has 1 amide bonds. The topological polar surface area (TPSA) is 69.2 Å². The van der Waals surface area contributed by atoms with Crippen LogP contribution in [-0.2, 0) is 9.59 Å². The van der Waals surface area contributed by atoms with Crippen LogP contribution in [-0.4, -0.2) is 11.9 Å². The van der Waals surface area contributed by atoms with Gasteiger partial charge in [0.05, 0.1) is 5.97 Å². The fourth-order valence-electron chi connectivity index (χ4n) is 1.05. The van der Waals surface area contributed by atoms with Gasteiger partial charge in [0.1, 0.15) is 0 Å². The second-order valence-corrected chi connectivity index (χ2v) is 3.01. The minimum atomic E-state index is -1.39. The van der Waals surface area contributed by atoms with Gasteiger partial charge < -0.3 is 15.2 Å². The highest BCUT2D eigenvalue weighted by molar-refractivity contribution is 6.02. The maximum Gasteiger partial charge on any atom is 0.248 e. The van der Waals surface area contributed by atoms with E-state index in [0.29, 0.717) is 11.8 Å². The molecule has 0 unspecified atom stereocenters. The van der Waals surface area contributed by atoms with Crippen LogP contribution >= 0.6 is 0 Å². The third kappa shape index (κ3) is 4.08. The summed E-state index contributed by atoms with van der Waals surface area (Å²) in [6, 6.07) is 7.20. The van der Waals surface area contributed by atoms with Crippen molar-refractivity contribution in [2.24, 2.45) is 0 Å². The molecule has 0 aliphatic heterocycles. The molecule has 0 radical (unpaired) electrons. The number of carbonyl (C=O) groups is 2. The Hall–Kier alpha value is -2.10. The van der Waals surface area contributed by atoms with Gasteiger partial charge >= 0.3 is 0 Å². The van der Waals surface area contributed by atoms with Crippen molar-refractivity contribution >= 4 is 17.6 Å². The molecule has 0 atom stereocenters. The van der Waals surface area contributed by atoms with Gasteiger partial charge in [-0.25, -0.2) is 0 Å². The van der Waals surface area contributed by atoms with Gasteiger partial charge in [0.2, 0.25) is 5.91 Å². The molecule has 15 heavy (non-hydrogen) atoms. The molecule has 1 aromatic carbocycles. The summed E-state index contributed by atoms with van der Waals surface area (Å²) >= 11 is 0. The molecule has 1 aromatic rings. The number of amides is 1. The lowest BCUT2D eigenvalue weighted by molar-refractivity contribution is -0.297. The van der Waals surface area contributed by atoms with Crippen molar-refractivity contribution in [2.45, 2.75) is 6.92 Å². The molecule has 0 fully saturated rings. The fourth-order valence-corrected chi connectivity index (χ4v) is 1.05. The number of nitrogens with one attached hydrogen (secondary N) is 1. The molecule has 0 aliphatic carbocycles. The predicted molar refractivity (Wildman–Crippen MR) is 54.0 cm³/mol. The van der Waals surface area contributed by atoms with Crippen molar-refractivity contribution in [2.75, 3.05) is 5.32 Å². The Bertz CT molecular complexity index is 410. The van der Waals surface area contributed by atoms with Crippen LogP contribution in [0.1, 0.15) is 5.56 Å². The SMILES string of the molecule is Cc1cccc(NC(=O)/C=C/C(=O)[O-])c1. The molecule has 0 aliphatic rings. The van der Waals surface area contributed by atoms with Crippen LogP contribution in [0, 0.1) is 6.92 Å². The lowest BCUT2D eigenvalue weighted by Gasteiger charge is -2.02. The van der Waals surface area contributed by atoms with Gasteiger partial charge in [-0.05, 0) is 30.7 Å². The van der Waals surface area contributed by atoms with Gasteiger partial charge in [0.25, 0.3) is 0 Å². The number of carboxylic acids is 1. The van der Waals surface area contributed by atoms with E-state index < -0.39 is 11.9 Å². The molecular formula is C11H10NO3-. The first-order chi connectivity index (χ1) is 7.08. The molecule has 0 heterocycles. The molecule has 0 spiro atoms. The fraction of sp³-hybridized carbons (Fsp3) is 0.0909. The van der Waals surface area contributed by atoms with E-state index in [2.05, 4.69) is 5.32 Å². The van der Waals surface area contributed by atoms with Crippen LogP contribution in [0.4, 0.5) is 5.69 Å². The Morgan fingerprint density at radius 2 is 2.07 bits per heavy atom. The van der Waals surface area contributed by atoms with Crippen molar-refractivity contribution < 1.29 is 14.7 Å². The predicted octanol–water partition coefficient (Wildman–Crippen LogP) is 0.240. The molecular weight excluding hydrogens is 194 g/mol. The molecule has 1 rings (SSSR count). The third-order valence-corrected chi connectivity index (χ3v) is 1.66. The number of benzene rings is 1. The van der Waals surface area contributed by atoms with E-state index in [1.807, 2.05) is 13.0 Å². The summed E-state index contributed by atoms with van der Waals surface area (Å²) in [7, 11) is 0. The zero-order valence-corrected chi connectivity index (χ0v) is 8.19. The zero-order chi connectivity index (χ0) is 11.3. The first-order valence-electron chi connectivity index (χ1n) is 4.34. The highest BCUT2D eigenvalue weighted by Crippen LogP contribution is 2.09. The minimum Gasteiger partial charge on any atom is -0.545 e. The zero-order valence-electron chi connectivity index (χ0n) is 8.19. The number of aliphatic carboxylic acids is 1. The summed E-state index contributed by atoms with van der Waals surface area (Å²) in [4.78, 5) is 21.2. The smallest absolute Gasteiger partial charge is 0.248 e. The monoisotopic (exact) mass is 204 g/mol. The van der Waals surface area contributed by atoms with E-state index in [-0.39, 0.29) is 0 Å². The Kier molecular flexibility index (Phi) is 3.62. The van der Waals surface area contributed by atoms with E-state index in [9.17, 15) is 14.7 Å². The third-order valence-electron chi connectivity index (χ3n) is 1.66. The quantitative estimate of drug-likeness (QED) is 0.717. The number of carbonyl (C=O) groups excluding carboxylic acids is 2. The molecule has 0 aromatic heterocycles. The van der Waals surface area contributed by atoms with E-state index in [4.69, 9.17) is 0 Å². The molecule has 0 bridgehead atoms. The lowest BCUT2D eigenvalue weighted by Crippen LogP contribution is -2.20. The molecule has 0 saturated heterocycles. The van der Waals surface area contributed by atoms with Crippen LogP contribution in [0.3, 0.4) is 0 Å². The number of rotatable bonds is 3. The van der Waals surface area contributed by atoms with Crippen LogP contribution < -0.4 is 10.4 Å². The van der Waals surface area contributed by atoms with Crippen molar-refractivity contribution in [1.82, 2.24) is 0 Å². The van der Waals surface area contributed by atoms with Crippen molar-refractivity contribution in [3.05, 3.63) is 42.0 Å². The van der Waals surface area contributed by atoms with Crippen LogP contribution in [0.2, 0.25) is 0 Å². The first kappa shape index (κ1) is 11.0. The van der Waals surface area contributed by atoms with Gasteiger partial charge in [-0.1, -0.05) is 12.1 Å². The lowest BCUT2D eigenvalue weighted by atomic mass is 10.2. The maximum absolute atomic E-state index is 11.1. The van der Waals surface area contributed by atoms with Crippen LogP contribution in [0.5, 0.6) is 0 Å². The Balaban J connectivity index is 2.63. The van der Waals surface area contributed by atoms with Crippen molar-refractivity contribution in [1.29, 1.82) is 0 Å². The number of aryl methyl sites for hydroxylation is 1. The second-order valence-electron chi connectivity index (χ2n) is 3.01. The Morgan fingerprint density at radius 3 is 2.67 bits per heavy atom. The van der Waals surface area contributed by atoms with Gasteiger partial charge in [0, 0.05) is 11.8 Å². The summed E-state index contributed by atoms with van der Waals surface area (Å²) in [5.74, 6) is -1.89. The Morgan fingerprint density at radius 1 is 1.33 bits per heavy atom. The summed E-state index contributed by atoms with van der Waals surface area (Å²) < 4.78 is 0. The number of carboxylic acid groups (broad SMARTS) is 1. The molecule has 4 nitrogen and oxygen atoms in total. The van der Waals surface area contributed by atoms with Gasteiger partial charge in [-0.15, -0.1) is 0 Å². The molecule has 4 heteroatoms. The van der Waals surface area contributed by atoms with E-state index >= 15 is 0 Å². The van der Waals surface area contributed by atoms with E-state index in [1.165, 1.54) is 0 Å². The highest BCUT2D eigenvalue weighted by Gasteiger charge is 1.96. The normalized spacial score (nSPS) is 10.2. The number of hydrogen-bond acceptors (Lipinski definition) is 3. The number of hydrogen-bond donors (Lipinski definition) is 1. The summed E-state index contributed by atoms with van der Waals surface area (Å²) in [6.07, 6.45) is 1.60. The standard InChI is InChI=1S/C11H11NO3/c1-8-3-2-4-9(7-8)12-10(13)5-6-11(14)15/h2-7H,1H3,(H,12,13)(H,14,15)/p-1/b6-5+. The van der Waals surface area contributed by atoms with Crippen LogP contribution in [0.15, 0.2) is 36.4 Å². The number of anilines is 1. The summed E-state index contributed by atoms with van der Waals surface area (Å²) in [5, 5.41) is 12.6. The van der Waals surface area contributed by atoms with E-state index in [1.54, 1.807) is 18.2 Å². The molecule has 1 N–H and O–H groups in total. The summed E-state index contributed by atoms with van der Waals surface area (Å²) in [6.45, 7) is 1.90.